The standard InChI is InChI=1S/C17H33N3O/c1-18-13-17(7-4-12-21-15-17)14-19-8-10-20(11-9-19)16-5-2-3-6-16/h16,18H,2-15H2,1H3. The second kappa shape index (κ2) is 7.40. The van der Waals surface area contributed by atoms with Crippen molar-refractivity contribution >= 4 is 0 Å². The minimum absolute atomic E-state index is 0.350. The van der Waals surface area contributed by atoms with Gasteiger partial charge in [-0.25, -0.2) is 0 Å². The van der Waals surface area contributed by atoms with Gasteiger partial charge in [0.2, 0.25) is 0 Å². The SMILES string of the molecule is CNCC1(CN2CCN(C3CCCC3)CC2)CCCOC1. The Labute approximate surface area is 130 Å². The van der Waals surface area contributed by atoms with Crippen LogP contribution in [0.3, 0.4) is 0 Å². The van der Waals surface area contributed by atoms with E-state index in [4.69, 9.17) is 4.74 Å². The van der Waals surface area contributed by atoms with Crippen LogP contribution >= 0.6 is 0 Å². The van der Waals surface area contributed by atoms with Crippen molar-refractivity contribution in [1.82, 2.24) is 15.1 Å². The molecule has 0 aromatic carbocycles. The molecule has 1 unspecified atom stereocenters. The maximum Gasteiger partial charge on any atom is 0.0546 e. The number of hydrogen-bond acceptors (Lipinski definition) is 4. The summed E-state index contributed by atoms with van der Waals surface area (Å²) in [5.74, 6) is 0. The largest absolute Gasteiger partial charge is 0.381 e. The van der Waals surface area contributed by atoms with Gasteiger partial charge in [0, 0.05) is 57.3 Å². The zero-order valence-corrected chi connectivity index (χ0v) is 13.8. The van der Waals surface area contributed by atoms with E-state index in [1.807, 2.05) is 0 Å². The highest BCUT2D eigenvalue weighted by Gasteiger charge is 2.35. The van der Waals surface area contributed by atoms with Gasteiger partial charge >= 0.3 is 0 Å². The molecule has 0 bridgehead atoms. The van der Waals surface area contributed by atoms with Crippen molar-refractivity contribution in [2.24, 2.45) is 5.41 Å². The molecule has 21 heavy (non-hydrogen) atoms. The predicted octanol–water partition coefficient (Wildman–Crippen LogP) is 1.56. The highest BCUT2D eigenvalue weighted by Crippen LogP contribution is 2.30. The van der Waals surface area contributed by atoms with Crippen molar-refractivity contribution in [3.63, 3.8) is 0 Å². The van der Waals surface area contributed by atoms with Gasteiger partial charge in [-0.2, -0.15) is 0 Å². The molecule has 4 nitrogen and oxygen atoms in total. The average Bonchev–Trinajstić information content (AvgIpc) is 3.03. The Morgan fingerprint density at radius 2 is 1.86 bits per heavy atom. The molecule has 122 valence electrons. The molecule has 1 atom stereocenters. The number of nitrogens with zero attached hydrogens (tertiary/aromatic N) is 2. The molecule has 0 aromatic rings. The van der Waals surface area contributed by atoms with Crippen LogP contribution in [0, 0.1) is 5.41 Å². The first kappa shape index (κ1) is 15.7. The van der Waals surface area contributed by atoms with Crippen LogP contribution in [0.25, 0.3) is 0 Å². The average molecular weight is 295 g/mol. The minimum atomic E-state index is 0.350. The first-order chi connectivity index (χ1) is 10.3. The van der Waals surface area contributed by atoms with Gasteiger partial charge in [0.15, 0.2) is 0 Å². The molecule has 1 saturated carbocycles. The number of hydrogen-bond donors (Lipinski definition) is 1. The molecule has 4 heteroatoms. The highest BCUT2D eigenvalue weighted by molar-refractivity contribution is 4.89. The van der Waals surface area contributed by atoms with Gasteiger partial charge in [-0.15, -0.1) is 0 Å². The molecule has 1 aliphatic carbocycles. The molecule has 2 heterocycles. The molecule has 1 N–H and O–H groups in total. The molecule has 0 aromatic heterocycles. The second-order valence-electron chi connectivity index (χ2n) is 7.44. The third-order valence-electron chi connectivity index (χ3n) is 5.76. The maximum atomic E-state index is 5.80. The predicted molar refractivity (Wildman–Crippen MR) is 86.7 cm³/mol. The van der Waals surface area contributed by atoms with E-state index in [1.165, 1.54) is 71.2 Å². The van der Waals surface area contributed by atoms with Gasteiger partial charge in [0.05, 0.1) is 6.61 Å². The van der Waals surface area contributed by atoms with E-state index >= 15 is 0 Å². The molecule has 3 fully saturated rings. The maximum absolute atomic E-state index is 5.80. The summed E-state index contributed by atoms with van der Waals surface area (Å²) in [4.78, 5) is 5.45. The van der Waals surface area contributed by atoms with E-state index < -0.39 is 0 Å². The highest BCUT2D eigenvalue weighted by atomic mass is 16.5. The van der Waals surface area contributed by atoms with Crippen LogP contribution in [-0.2, 0) is 4.74 Å². The minimum Gasteiger partial charge on any atom is -0.381 e. The third kappa shape index (κ3) is 3.98. The Morgan fingerprint density at radius 3 is 2.48 bits per heavy atom. The lowest BCUT2D eigenvalue weighted by atomic mass is 9.81. The second-order valence-corrected chi connectivity index (χ2v) is 7.44. The summed E-state index contributed by atoms with van der Waals surface area (Å²) in [6, 6.07) is 0.899. The monoisotopic (exact) mass is 295 g/mol. The van der Waals surface area contributed by atoms with Gasteiger partial charge in [-0.1, -0.05) is 12.8 Å². The Morgan fingerprint density at radius 1 is 1.10 bits per heavy atom. The van der Waals surface area contributed by atoms with Crippen molar-refractivity contribution in [2.75, 3.05) is 59.5 Å². The van der Waals surface area contributed by atoms with Crippen molar-refractivity contribution in [1.29, 1.82) is 0 Å². The Bertz CT molecular complexity index is 298. The smallest absolute Gasteiger partial charge is 0.0546 e. The zero-order valence-electron chi connectivity index (χ0n) is 13.8. The van der Waals surface area contributed by atoms with Gasteiger partial charge in [0.25, 0.3) is 0 Å². The summed E-state index contributed by atoms with van der Waals surface area (Å²) in [7, 11) is 2.08. The first-order valence-electron chi connectivity index (χ1n) is 9.00. The normalized spacial score (nSPS) is 33.6. The van der Waals surface area contributed by atoms with E-state index in [1.54, 1.807) is 0 Å². The summed E-state index contributed by atoms with van der Waals surface area (Å²) in [5, 5.41) is 3.40. The van der Waals surface area contributed by atoms with Gasteiger partial charge in [0.1, 0.15) is 0 Å². The zero-order chi connectivity index (χ0) is 14.5. The summed E-state index contributed by atoms with van der Waals surface area (Å²) in [6.07, 6.45) is 8.33. The molecule has 0 amide bonds. The van der Waals surface area contributed by atoms with E-state index in [2.05, 4.69) is 22.2 Å². The van der Waals surface area contributed by atoms with Crippen LogP contribution in [0.5, 0.6) is 0 Å². The molecule has 3 rings (SSSR count). The van der Waals surface area contributed by atoms with Crippen molar-refractivity contribution in [3.05, 3.63) is 0 Å². The third-order valence-corrected chi connectivity index (χ3v) is 5.76. The van der Waals surface area contributed by atoms with E-state index in [9.17, 15) is 0 Å². The number of ether oxygens (including phenoxy) is 1. The summed E-state index contributed by atoms with van der Waals surface area (Å²) >= 11 is 0. The summed E-state index contributed by atoms with van der Waals surface area (Å²) in [5.41, 5.74) is 0.350. The van der Waals surface area contributed by atoms with Crippen LogP contribution in [0.1, 0.15) is 38.5 Å². The Hall–Kier alpha value is -0.160. The quantitative estimate of drug-likeness (QED) is 0.833. The molecular formula is C17H33N3O. The van der Waals surface area contributed by atoms with Gasteiger partial charge in [-0.05, 0) is 32.7 Å². The van der Waals surface area contributed by atoms with Crippen LogP contribution in [0.2, 0.25) is 0 Å². The summed E-state index contributed by atoms with van der Waals surface area (Å²) in [6.45, 7) is 9.27. The lowest BCUT2D eigenvalue weighted by Gasteiger charge is -2.44. The van der Waals surface area contributed by atoms with Crippen molar-refractivity contribution in [2.45, 2.75) is 44.6 Å². The van der Waals surface area contributed by atoms with Crippen LogP contribution < -0.4 is 5.32 Å². The molecule has 0 spiro atoms. The number of piperazine rings is 1. The Kier molecular flexibility index (Phi) is 5.54. The lowest BCUT2D eigenvalue weighted by molar-refractivity contribution is -0.0340. The van der Waals surface area contributed by atoms with Crippen molar-refractivity contribution in [3.8, 4) is 0 Å². The van der Waals surface area contributed by atoms with E-state index in [0.29, 0.717) is 5.41 Å². The molecule has 2 saturated heterocycles. The summed E-state index contributed by atoms with van der Waals surface area (Å²) < 4.78 is 5.80. The Balaban J connectivity index is 1.48. The fourth-order valence-electron chi connectivity index (χ4n) is 4.64. The molecule has 0 radical (unpaired) electrons. The topological polar surface area (TPSA) is 27.7 Å². The fraction of sp³-hybridized carbons (Fsp3) is 1.00. The number of nitrogens with one attached hydrogen (secondary N) is 1. The molecule has 2 aliphatic heterocycles. The van der Waals surface area contributed by atoms with Crippen LogP contribution in [0.15, 0.2) is 0 Å². The van der Waals surface area contributed by atoms with Gasteiger partial charge in [-0.3, -0.25) is 4.90 Å². The fourth-order valence-corrected chi connectivity index (χ4v) is 4.64. The van der Waals surface area contributed by atoms with Gasteiger partial charge < -0.3 is 15.0 Å². The number of rotatable bonds is 5. The van der Waals surface area contributed by atoms with E-state index in [-0.39, 0.29) is 0 Å². The first-order valence-corrected chi connectivity index (χ1v) is 9.00. The van der Waals surface area contributed by atoms with E-state index in [0.717, 1.165) is 25.8 Å². The molecule has 3 aliphatic rings. The lowest BCUT2D eigenvalue weighted by Crippen LogP contribution is -2.55. The molecular weight excluding hydrogens is 262 g/mol. The van der Waals surface area contributed by atoms with Crippen LogP contribution in [-0.4, -0.2) is 75.4 Å². The van der Waals surface area contributed by atoms with Crippen LogP contribution in [0.4, 0.5) is 0 Å². The van der Waals surface area contributed by atoms with Crippen molar-refractivity contribution < 1.29 is 4.74 Å².